The van der Waals surface area contributed by atoms with E-state index in [9.17, 15) is 14.9 Å². The molecule has 130 valence electrons. The molecule has 0 atom stereocenters. The molecule has 0 aliphatic carbocycles. The van der Waals surface area contributed by atoms with Gasteiger partial charge >= 0.3 is 0 Å². The van der Waals surface area contributed by atoms with E-state index in [-0.39, 0.29) is 11.6 Å². The molecule has 3 rings (SSSR count). The Morgan fingerprint density at radius 2 is 1.81 bits per heavy atom. The van der Waals surface area contributed by atoms with E-state index in [0.29, 0.717) is 20.7 Å². The van der Waals surface area contributed by atoms with Crippen LogP contribution in [0.1, 0.15) is 5.56 Å². The summed E-state index contributed by atoms with van der Waals surface area (Å²) in [6.45, 7) is 0. The Balaban J connectivity index is 1.63. The second kappa shape index (κ2) is 7.85. The lowest BCUT2D eigenvalue weighted by atomic mass is 10.2. The highest BCUT2D eigenvalue weighted by molar-refractivity contribution is 7.18. The minimum atomic E-state index is -0.478. The number of nitrogens with one attached hydrogen (secondary N) is 1. The van der Waals surface area contributed by atoms with Gasteiger partial charge in [0.25, 0.3) is 5.69 Å². The van der Waals surface area contributed by atoms with Crippen LogP contribution in [0.5, 0.6) is 0 Å². The highest BCUT2D eigenvalue weighted by Crippen LogP contribution is 2.27. The third-order valence-corrected chi connectivity index (χ3v) is 4.42. The lowest BCUT2D eigenvalue weighted by Gasteiger charge is -1.96. The number of carbonyl (C=O) groups is 1. The predicted octanol–water partition coefficient (Wildman–Crippen LogP) is 4.42. The molecule has 9 heteroatoms. The molecule has 1 amide bonds. The first-order chi connectivity index (χ1) is 12.5. The molecule has 2 aromatic carbocycles. The quantitative estimate of drug-likeness (QED) is 0.397. The number of nitro groups is 1. The number of nitro benzene ring substituents is 1. The van der Waals surface area contributed by atoms with Crippen molar-refractivity contribution in [3.63, 3.8) is 0 Å². The van der Waals surface area contributed by atoms with Gasteiger partial charge in [0.2, 0.25) is 11.0 Å². The number of aromatic nitrogens is 2. The average molecular weight is 387 g/mol. The normalized spacial score (nSPS) is 10.8. The summed E-state index contributed by atoms with van der Waals surface area (Å²) in [4.78, 5) is 22.1. The fourth-order valence-corrected chi connectivity index (χ4v) is 2.89. The van der Waals surface area contributed by atoms with Crippen LogP contribution in [0, 0.1) is 10.1 Å². The molecule has 0 saturated heterocycles. The van der Waals surface area contributed by atoms with Crippen molar-refractivity contribution in [2.45, 2.75) is 0 Å². The van der Waals surface area contributed by atoms with Gasteiger partial charge in [0.15, 0.2) is 0 Å². The number of amides is 1. The average Bonchev–Trinajstić information content (AvgIpc) is 3.09. The molecule has 0 aliphatic heterocycles. The summed E-state index contributed by atoms with van der Waals surface area (Å²) in [6.07, 6.45) is 2.88. The van der Waals surface area contributed by atoms with Crippen molar-refractivity contribution in [1.29, 1.82) is 0 Å². The Hall–Kier alpha value is -3.10. The number of hydrogen-bond acceptors (Lipinski definition) is 6. The third kappa shape index (κ3) is 4.50. The number of benzene rings is 2. The summed E-state index contributed by atoms with van der Waals surface area (Å²) in [7, 11) is 0. The Kier molecular flexibility index (Phi) is 5.35. The minimum Gasteiger partial charge on any atom is -0.297 e. The molecular formula is C17H11ClN4O3S. The molecule has 0 bridgehead atoms. The van der Waals surface area contributed by atoms with Crippen LogP contribution < -0.4 is 5.32 Å². The molecule has 0 fully saturated rings. The van der Waals surface area contributed by atoms with Gasteiger partial charge in [-0.1, -0.05) is 35.1 Å². The molecule has 0 radical (unpaired) electrons. The van der Waals surface area contributed by atoms with Crippen LogP contribution in [0.4, 0.5) is 10.8 Å². The van der Waals surface area contributed by atoms with Crippen LogP contribution in [0.25, 0.3) is 16.6 Å². The first-order valence-corrected chi connectivity index (χ1v) is 8.54. The molecule has 1 N–H and O–H groups in total. The van der Waals surface area contributed by atoms with Crippen LogP contribution in [-0.4, -0.2) is 21.0 Å². The smallest absolute Gasteiger partial charge is 0.269 e. The largest absolute Gasteiger partial charge is 0.297 e. The first-order valence-electron chi connectivity index (χ1n) is 7.34. The van der Waals surface area contributed by atoms with E-state index in [2.05, 4.69) is 15.5 Å². The van der Waals surface area contributed by atoms with Crippen LogP contribution in [0.2, 0.25) is 5.02 Å². The van der Waals surface area contributed by atoms with E-state index >= 15 is 0 Å². The Labute approximate surface area is 157 Å². The summed E-state index contributed by atoms with van der Waals surface area (Å²) < 4.78 is 0. The van der Waals surface area contributed by atoms with E-state index in [0.717, 1.165) is 5.56 Å². The first kappa shape index (κ1) is 17.7. The molecule has 0 spiro atoms. The number of hydrogen-bond donors (Lipinski definition) is 1. The van der Waals surface area contributed by atoms with Crippen LogP contribution in [0.15, 0.2) is 54.6 Å². The maximum atomic E-state index is 12.0. The lowest BCUT2D eigenvalue weighted by Crippen LogP contribution is -2.07. The van der Waals surface area contributed by atoms with Crippen LogP contribution in [0.3, 0.4) is 0 Å². The summed E-state index contributed by atoms with van der Waals surface area (Å²) >= 11 is 7.09. The van der Waals surface area contributed by atoms with Crippen molar-refractivity contribution in [3.8, 4) is 10.6 Å². The van der Waals surface area contributed by atoms with Gasteiger partial charge in [-0.25, -0.2) is 0 Å². The fourth-order valence-electron chi connectivity index (χ4n) is 2.01. The third-order valence-electron chi connectivity index (χ3n) is 3.28. The summed E-state index contributed by atoms with van der Waals surface area (Å²) in [6, 6.07) is 13.0. The SMILES string of the molecule is O=C(/C=C/c1ccc([N+](=O)[O-])cc1)Nc1nnc(-c2ccc(Cl)cc2)s1. The van der Waals surface area contributed by atoms with Crippen LogP contribution in [-0.2, 0) is 4.79 Å². The van der Waals surface area contributed by atoms with Gasteiger partial charge in [0.05, 0.1) is 4.92 Å². The van der Waals surface area contributed by atoms with Crippen molar-refractivity contribution in [3.05, 3.63) is 75.3 Å². The maximum Gasteiger partial charge on any atom is 0.269 e. The van der Waals surface area contributed by atoms with Gasteiger partial charge in [0, 0.05) is 28.8 Å². The van der Waals surface area contributed by atoms with Crippen molar-refractivity contribution in [2.24, 2.45) is 0 Å². The Morgan fingerprint density at radius 1 is 1.12 bits per heavy atom. The number of nitrogens with zero attached hydrogens (tertiary/aromatic N) is 3. The molecule has 1 heterocycles. The second-order valence-corrected chi connectivity index (χ2v) is 6.50. The zero-order valence-electron chi connectivity index (χ0n) is 13.1. The van der Waals surface area contributed by atoms with E-state index in [1.807, 2.05) is 12.1 Å². The van der Waals surface area contributed by atoms with Gasteiger partial charge in [-0.15, -0.1) is 10.2 Å². The number of non-ortho nitro benzene ring substituents is 1. The molecule has 1 aromatic heterocycles. The van der Waals surface area contributed by atoms with Crippen molar-refractivity contribution >= 4 is 45.7 Å². The molecular weight excluding hydrogens is 376 g/mol. The number of halogens is 1. The molecule has 26 heavy (non-hydrogen) atoms. The van der Waals surface area contributed by atoms with Crippen molar-refractivity contribution < 1.29 is 9.72 Å². The Bertz CT molecular complexity index is 968. The van der Waals surface area contributed by atoms with Gasteiger partial charge < -0.3 is 0 Å². The van der Waals surface area contributed by atoms with Gasteiger partial charge in [-0.2, -0.15) is 0 Å². The zero-order chi connectivity index (χ0) is 18.5. The monoisotopic (exact) mass is 386 g/mol. The van der Waals surface area contributed by atoms with Crippen molar-refractivity contribution in [2.75, 3.05) is 5.32 Å². The fraction of sp³-hybridized carbons (Fsp3) is 0. The topological polar surface area (TPSA) is 98.0 Å². The number of rotatable bonds is 5. The summed E-state index contributed by atoms with van der Waals surface area (Å²) in [5.41, 5.74) is 1.52. The highest BCUT2D eigenvalue weighted by Gasteiger charge is 2.08. The predicted molar refractivity (Wildman–Crippen MR) is 101 cm³/mol. The minimum absolute atomic E-state index is 0.00445. The number of anilines is 1. The maximum absolute atomic E-state index is 12.0. The van der Waals surface area contributed by atoms with E-state index in [1.54, 1.807) is 30.3 Å². The van der Waals surface area contributed by atoms with E-state index in [1.165, 1.54) is 29.5 Å². The molecule has 3 aromatic rings. The van der Waals surface area contributed by atoms with E-state index in [4.69, 9.17) is 11.6 Å². The number of carbonyl (C=O) groups excluding carboxylic acids is 1. The second-order valence-electron chi connectivity index (χ2n) is 5.09. The Morgan fingerprint density at radius 3 is 2.46 bits per heavy atom. The molecule has 0 saturated carbocycles. The molecule has 0 unspecified atom stereocenters. The van der Waals surface area contributed by atoms with Gasteiger partial charge in [-0.3, -0.25) is 20.2 Å². The van der Waals surface area contributed by atoms with Gasteiger partial charge in [-0.05, 0) is 35.9 Å². The summed E-state index contributed by atoms with van der Waals surface area (Å²) in [5, 5.41) is 22.9. The van der Waals surface area contributed by atoms with Crippen LogP contribution >= 0.6 is 22.9 Å². The summed E-state index contributed by atoms with van der Waals surface area (Å²) in [5.74, 6) is -0.373. The molecule has 7 nitrogen and oxygen atoms in total. The molecule has 0 aliphatic rings. The van der Waals surface area contributed by atoms with E-state index < -0.39 is 4.92 Å². The van der Waals surface area contributed by atoms with Gasteiger partial charge in [0.1, 0.15) is 5.01 Å². The zero-order valence-corrected chi connectivity index (χ0v) is 14.7. The lowest BCUT2D eigenvalue weighted by molar-refractivity contribution is -0.384. The van der Waals surface area contributed by atoms with Crippen molar-refractivity contribution in [1.82, 2.24) is 10.2 Å². The highest BCUT2D eigenvalue weighted by atomic mass is 35.5. The standard InChI is InChI=1S/C17H11ClN4O3S/c18-13-6-4-12(5-7-13)16-20-21-17(26-16)19-15(23)10-3-11-1-8-14(9-2-11)22(24)25/h1-10H,(H,19,21,23)/b10-3+.